The van der Waals surface area contributed by atoms with E-state index in [-0.39, 0.29) is 18.0 Å². The quantitative estimate of drug-likeness (QED) is 0.557. The number of carbonyl (C=O) groups excluding carboxylic acids is 1. The molecule has 1 amide bonds. The van der Waals surface area contributed by atoms with Crippen molar-refractivity contribution < 1.29 is 9.18 Å². The number of alkyl halides is 1. The van der Waals surface area contributed by atoms with Crippen molar-refractivity contribution in [1.29, 1.82) is 0 Å². The summed E-state index contributed by atoms with van der Waals surface area (Å²) in [5, 5.41) is 1.60. The second kappa shape index (κ2) is 10.1. The molecular formula is C25H30FN7O2. The van der Waals surface area contributed by atoms with E-state index in [1.807, 2.05) is 31.3 Å². The molecule has 3 aromatic heterocycles. The monoisotopic (exact) mass is 479 g/mol. The molecule has 5 heterocycles. The number of carbonyl (C=O) groups is 1. The number of nitrogens with one attached hydrogen (secondary N) is 2. The second-order valence-electron chi connectivity index (χ2n) is 9.19. The van der Waals surface area contributed by atoms with Crippen molar-refractivity contribution in [3.63, 3.8) is 0 Å². The molecule has 10 heteroatoms. The Labute approximate surface area is 202 Å². The first-order chi connectivity index (χ1) is 17.0. The van der Waals surface area contributed by atoms with Gasteiger partial charge in [-0.25, -0.2) is 14.4 Å². The minimum atomic E-state index is -0.889. The number of amides is 1. The Morgan fingerprint density at radius 3 is 2.66 bits per heavy atom. The topological polar surface area (TPSA) is 97.5 Å². The standard InChI is InChI=1S/C25H30FN7O2/c1-2-18-12-22-23(29-24(18)34)11-17(13-27-22)15-31-7-9-32(10-8-31)20-3-4-21(28-14-20)25(35)30-33-6-5-19(26)16-33/h3-4,11-14,19H,2,5-10,15-16H2,1H3,(H,29,34)(H,30,35). The molecular weight excluding hydrogens is 449 g/mol. The molecule has 0 saturated carbocycles. The van der Waals surface area contributed by atoms with Gasteiger partial charge in [-0.2, -0.15) is 0 Å². The first-order valence-electron chi connectivity index (χ1n) is 12.1. The SMILES string of the molecule is CCc1cc2ncc(CN3CCN(c4ccc(C(=O)NN5CCC(F)C5)nc4)CC3)cc2[nH]c1=O. The molecule has 9 nitrogen and oxygen atoms in total. The average molecular weight is 480 g/mol. The van der Waals surface area contributed by atoms with E-state index < -0.39 is 6.17 Å². The van der Waals surface area contributed by atoms with Crippen LogP contribution in [0.3, 0.4) is 0 Å². The number of nitrogens with zero attached hydrogens (tertiary/aromatic N) is 5. The molecule has 0 spiro atoms. The molecule has 0 radical (unpaired) electrons. The highest BCUT2D eigenvalue weighted by molar-refractivity contribution is 5.92. The molecule has 1 atom stereocenters. The number of H-pyrrole nitrogens is 1. The molecule has 0 aromatic carbocycles. The van der Waals surface area contributed by atoms with Crippen LogP contribution in [0, 0.1) is 0 Å². The van der Waals surface area contributed by atoms with Gasteiger partial charge in [0, 0.05) is 57.6 Å². The van der Waals surface area contributed by atoms with Gasteiger partial charge >= 0.3 is 0 Å². The number of rotatable bonds is 6. The van der Waals surface area contributed by atoms with Gasteiger partial charge in [0.05, 0.1) is 22.9 Å². The van der Waals surface area contributed by atoms with Crippen LogP contribution in [0.25, 0.3) is 11.0 Å². The lowest BCUT2D eigenvalue weighted by atomic mass is 10.1. The van der Waals surface area contributed by atoms with E-state index >= 15 is 0 Å². The number of fused-ring (bicyclic) bond motifs is 1. The molecule has 0 bridgehead atoms. The fourth-order valence-corrected chi connectivity index (χ4v) is 4.67. The van der Waals surface area contributed by atoms with Gasteiger partial charge in [-0.05, 0) is 42.7 Å². The van der Waals surface area contributed by atoms with Gasteiger partial charge in [-0.1, -0.05) is 6.92 Å². The van der Waals surface area contributed by atoms with Crippen molar-refractivity contribution >= 4 is 22.6 Å². The summed E-state index contributed by atoms with van der Waals surface area (Å²) in [4.78, 5) is 40.9. The van der Waals surface area contributed by atoms with E-state index in [2.05, 4.69) is 30.2 Å². The number of halogens is 1. The third kappa shape index (κ3) is 5.33. The molecule has 184 valence electrons. The number of aryl methyl sites for hydroxylation is 1. The molecule has 2 fully saturated rings. The van der Waals surface area contributed by atoms with E-state index in [0.717, 1.165) is 60.6 Å². The molecule has 2 aliphatic heterocycles. The Bertz CT molecular complexity index is 1250. The van der Waals surface area contributed by atoms with E-state index in [1.54, 1.807) is 17.3 Å². The molecule has 2 aliphatic rings. The summed E-state index contributed by atoms with van der Waals surface area (Å²) in [6, 6.07) is 7.50. The first kappa shape index (κ1) is 23.4. The average Bonchev–Trinajstić information content (AvgIpc) is 3.28. The predicted octanol–water partition coefficient (Wildman–Crippen LogP) is 1.89. The van der Waals surface area contributed by atoms with Crippen LogP contribution in [0.1, 0.15) is 35.0 Å². The van der Waals surface area contributed by atoms with Crippen LogP contribution < -0.4 is 15.9 Å². The highest BCUT2D eigenvalue weighted by Gasteiger charge is 2.24. The fourth-order valence-electron chi connectivity index (χ4n) is 4.67. The number of pyridine rings is 3. The van der Waals surface area contributed by atoms with Crippen LogP contribution in [-0.2, 0) is 13.0 Å². The Balaban J connectivity index is 1.15. The summed E-state index contributed by atoms with van der Waals surface area (Å²) in [6.45, 7) is 6.92. The fraction of sp³-hybridized carbons (Fsp3) is 0.440. The minimum absolute atomic E-state index is 0.0471. The van der Waals surface area contributed by atoms with Crippen LogP contribution in [0.5, 0.6) is 0 Å². The molecule has 35 heavy (non-hydrogen) atoms. The molecule has 2 saturated heterocycles. The summed E-state index contributed by atoms with van der Waals surface area (Å²) >= 11 is 0. The Hall–Kier alpha value is -3.37. The zero-order valence-electron chi connectivity index (χ0n) is 19.8. The third-order valence-corrected chi connectivity index (χ3v) is 6.72. The number of hydrogen-bond acceptors (Lipinski definition) is 7. The number of anilines is 1. The summed E-state index contributed by atoms with van der Waals surface area (Å²) < 4.78 is 13.3. The smallest absolute Gasteiger partial charge is 0.284 e. The highest BCUT2D eigenvalue weighted by atomic mass is 19.1. The van der Waals surface area contributed by atoms with Gasteiger partial charge in [0.15, 0.2) is 0 Å². The Morgan fingerprint density at radius 2 is 1.97 bits per heavy atom. The van der Waals surface area contributed by atoms with Crippen molar-refractivity contribution in [2.45, 2.75) is 32.5 Å². The maximum atomic E-state index is 13.3. The summed E-state index contributed by atoms with van der Waals surface area (Å²) in [7, 11) is 0. The number of hydrogen-bond donors (Lipinski definition) is 2. The summed E-state index contributed by atoms with van der Waals surface area (Å²) in [5.74, 6) is -0.313. The van der Waals surface area contributed by atoms with E-state index in [9.17, 15) is 14.0 Å². The van der Waals surface area contributed by atoms with E-state index in [1.165, 1.54) is 0 Å². The second-order valence-corrected chi connectivity index (χ2v) is 9.19. The molecule has 2 N–H and O–H groups in total. The lowest BCUT2D eigenvalue weighted by Gasteiger charge is -2.36. The number of hydrazine groups is 1. The van der Waals surface area contributed by atoms with Crippen molar-refractivity contribution in [2.24, 2.45) is 0 Å². The maximum Gasteiger partial charge on any atom is 0.284 e. The molecule has 0 aliphatic carbocycles. The van der Waals surface area contributed by atoms with Gasteiger partial charge < -0.3 is 9.88 Å². The van der Waals surface area contributed by atoms with Crippen LogP contribution in [-0.4, -0.2) is 76.2 Å². The highest BCUT2D eigenvalue weighted by Crippen LogP contribution is 2.18. The zero-order chi connectivity index (χ0) is 24.4. The lowest BCUT2D eigenvalue weighted by Crippen LogP contribution is -2.46. The maximum absolute atomic E-state index is 13.3. The minimum Gasteiger partial charge on any atom is -0.368 e. The molecule has 1 unspecified atom stereocenters. The van der Waals surface area contributed by atoms with Crippen LogP contribution >= 0.6 is 0 Å². The lowest BCUT2D eigenvalue weighted by molar-refractivity contribution is 0.0812. The van der Waals surface area contributed by atoms with Crippen molar-refractivity contribution in [2.75, 3.05) is 44.2 Å². The van der Waals surface area contributed by atoms with Crippen molar-refractivity contribution in [3.05, 3.63) is 63.8 Å². The van der Waals surface area contributed by atoms with Crippen LogP contribution in [0.4, 0.5) is 10.1 Å². The van der Waals surface area contributed by atoms with Gasteiger partial charge in [0.25, 0.3) is 11.5 Å². The normalized spacial score (nSPS) is 19.4. The molecule has 3 aromatic rings. The van der Waals surface area contributed by atoms with Crippen LogP contribution in [0.15, 0.2) is 41.5 Å². The summed E-state index contributed by atoms with van der Waals surface area (Å²) in [5.41, 5.74) is 7.37. The van der Waals surface area contributed by atoms with E-state index in [0.29, 0.717) is 25.1 Å². The largest absolute Gasteiger partial charge is 0.368 e. The van der Waals surface area contributed by atoms with Gasteiger partial charge in [-0.3, -0.25) is 24.9 Å². The van der Waals surface area contributed by atoms with Crippen molar-refractivity contribution in [3.8, 4) is 0 Å². The summed E-state index contributed by atoms with van der Waals surface area (Å²) in [6.07, 6.45) is 3.84. The van der Waals surface area contributed by atoms with Crippen molar-refractivity contribution in [1.82, 2.24) is 30.3 Å². The Morgan fingerprint density at radius 1 is 1.14 bits per heavy atom. The number of aromatic amines is 1. The first-order valence-corrected chi connectivity index (χ1v) is 12.1. The van der Waals surface area contributed by atoms with Gasteiger partial charge in [0.1, 0.15) is 11.9 Å². The van der Waals surface area contributed by atoms with Crippen LogP contribution in [0.2, 0.25) is 0 Å². The Kier molecular flexibility index (Phi) is 6.74. The number of aromatic nitrogens is 3. The third-order valence-electron chi connectivity index (χ3n) is 6.72. The van der Waals surface area contributed by atoms with Gasteiger partial charge in [0.2, 0.25) is 0 Å². The zero-order valence-corrected chi connectivity index (χ0v) is 19.8. The van der Waals surface area contributed by atoms with E-state index in [4.69, 9.17) is 0 Å². The number of piperazine rings is 1. The predicted molar refractivity (Wildman–Crippen MR) is 132 cm³/mol. The van der Waals surface area contributed by atoms with Gasteiger partial charge in [-0.15, -0.1) is 0 Å². The molecule has 5 rings (SSSR count).